The Morgan fingerprint density at radius 2 is 1.53 bits per heavy atom. The van der Waals surface area contributed by atoms with E-state index < -0.39 is 10.0 Å². The van der Waals surface area contributed by atoms with Crippen molar-refractivity contribution in [3.63, 3.8) is 0 Å². The van der Waals surface area contributed by atoms with Crippen molar-refractivity contribution in [1.29, 1.82) is 0 Å². The van der Waals surface area contributed by atoms with Gasteiger partial charge in [-0.25, -0.2) is 12.7 Å². The van der Waals surface area contributed by atoms with Gasteiger partial charge in [-0.15, -0.1) is 0 Å². The van der Waals surface area contributed by atoms with Gasteiger partial charge in [0, 0.05) is 13.1 Å². The summed E-state index contributed by atoms with van der Waals surface area (Å²) in [6.07, 6.45) is 3.55. The van der Waals surface area contributed by atoms with Gasteiger partial charge in [-0.05, 0) is 38.8 Å². The van der Waals surface area contributed by atoms with Crippen LogP contribution >= 0.6 is 0 Å². The minimum Gasteiger partial charge on any atom is -0.317 e. The van der Waals surface area contributed by atoms with Gasteiger partial charge in [0.25, 0.3) is 0 Å². The van der Waals surface area contributed by atoms with E-state index in [-0.39, 0.29) is 5.75 Å². The van der Waals surface area contributed by atoms with Crippen LogP contribution in [0, 0.1) is 0 Å². The third-order valence-corrected chi connectivity index (χ3v) is 4.48. The molecule has 0 aromatic rings. The average Bonchev–Trinajstić information content (AvgIpc) is 2.28. The zero-order valence-corrected chi connectivity index (χ0v) is 12.4. The van der Waals surface area contributed by atoms with Crippen LogP contribution in [0.2, 0.25) is 0 Å². The standard InChI is InChI=1S/C12H28N2O2S/c1-4-8-13-9-7-12-17(15,16)14(10-5-2)11-6-3/h13H,4-12H2,1-3H3. The molecule has 0 aliphatic carbocycles. The van der Waals surface area contributed by atoms with E-state index in [2.05, 4.69) is 12.2 Å². The highest BCUT2D eigenvalue weighted by atomic mass is 32.2. The first kappa shape index (κ1) is 16.9. The van der Waals surface area contributed by atoms with Crippen molar-refractivity contribution in [1.82, 2.24) is 9.62 Å². The lowest BCUT2D eigenvalue weighted by molar-refractivity contribution is 0.409. The van der Waals surface area contributed by atoms with Crippen LogP contribution in [0.3, 0.4) is 0 Å². The summed E-state index contributed by atoms with van der Waals surface area (Å²) in [4.78, 5) is 0. The van der Waals surface area contributed by atoms with Gasteiger partial charge in [0.15, 0.2) is 0 Å². The van der Waals surface area contributed by atoms with Crippen molar-refractivity contribution in [2.24, 2.45) is 0 Å². The van der Waals surface area contributed by atoms with E-state index in [1.54, 1.807) is 4.31 Å². The molecule has 0 heterocycles. The fraction of sp³-hybridized carbons (Fsp3) is 1.00. The van der Waals surface area contributed by atoms with Crippen LogP contribution in [-0.4, -0.2) is 44.7 Å². The summed E-state index contributed by atoms with van der Waals surface area (Å²) in [5, 5.41) is 3.23. The molecule has 0 fully saturated rings. The van der Waals surface area contributed by atoms with Gasteiger partial charge in [0.05, 0.1) is 5.75 Å². The first-order valence-electron chi connectivity index (χ1n) is 6.77. The number of rotatable bonds is 11. The van der Waals surface area contributed by atoms with E-state index in [1.807, 2.05) is 13.8 Å². The lowest BCUT2D eigenvalue weighted by Gasteiger charge is -2.20. The molecule has 4 nitrogen and oxygen atoms in total. The summed E-state index contributed by atoms with van der Waals surface area (Å²) in [5.41, 5.74) is 0. The Bertz CT molecular complexity index is 260. The second kappa shape index (κ2) is 9.85. The second-order valence-corrected chi connectivity index (χ2v) is 6.41. The van der Waals surface area contributed by atoms with Crippen molar-refractivity contribution in [3.8, 4) is 0 Å². The van der Waals surface area contributed by atoms with Crippen LogP contribution in [0.5, 0.6) is 0 Å². The molecule has 0 rings (SSSR count). The highest BCUT2D eigenvalue weighted by molar-refractivity contribution is 7.89. The van der Waals surface area contributed by atoms with E-state index in [4.69, 9.17) is 0 Å². The van der Waals surface area contributed by atoms with Crippen LogP contribution < -0.4 is 5.32 Å². The average molecular weight is 264 g/mol. The summed E-state index contributed by atoms with van der Waals surface area (Å²) in [5.74, 6) is 0.268. The lowest BCUT2D eigenvalue weighted by Crippen LogP contribution is -2.35. The van der Waals surface area contributed by atoms with E-state index in [9.17, 15) is 8.42 Å². The van der Waals surface area contributed by atoms with Gasteiger partial charge in [0.2, 0.25) is 10.0 Å². The largest absolute Gasteiger partial charge is 0.317 e. The highest BCUT2D eigenvalue weighted by Gasteiger charge is 2.19. The van der Waals surface area contributed by atoms with E-state index in [0.717, 1.165) is 32.4 Å². The third kappa shape index (κ3) is 7.73. The minimum absolute atomic E-state index is 0.268. The maximum absolute atomic E-state index is 12.0. The third-order valence-electron chi connectivity index (χ3n) is 2.52. The number of sulfonamides is 1. The molecule has 0 aliphatic rings. The Labute approximate surface area is 107 Å². The molecule has 0 spiro atoms. The molecule has 0 bridgehead atoms. The summed E-state index contributed by atoms with van der Waals surface area (Å²) in [7, 11) is -3.04. The zero-order chi connectivity index (χ0) is 13.1. The molecule has 0 amide bonds. The highest BCUT2D eigenvalue weighted by Crippen LogP contribution is 2.05. The second-order valence-electron chi connectivity index (χ2n) is 4.32. The van der Waals surface area contributed by atoms with Gasteiger partial charge >= 0.3 is 0 Å². The molecular formula is C12H28N2O2S. The summed E-state index contributed by atoms with van der Waals surface area (Å²) < 4.78 is 25.7. The first-order chi connectivity index (χ1) is 8.08. The fourth-order valence-corrected chi connectivity index (χ4v) is 3.39. The Kier molecular flexibility index (Phi) is 9.78. The summed E-state index contributed by atoms with van der Waals surface area (Å²) in [6.45, 7) is 9.19. The van der Waals surface area contributed by atoms with Crippen LogP contribution in [-0.2, 0) is 10.0 Å². The first-order valence-corrected chi connectivity index (χ1v) is 8.37. The predicted molar refractivity (Wildman–Crippen MR) is 73.7 cm³/mol. The molecule has 0 aliphatic heterocycles. The Morgan fingerprint density at radius 3 is 2.00 bits per heavy atom. The molecule has 0 atom stereocenters. The van der Waals surface area contributed by atoms with E-state index >= 15 is 0 Å². The van der Waals surface area contributed by atoms with Crippen LogP contribution in [0.4, 0.5) is 0 Å². The molecule has 0 aromatic heterocycles. The van der Waals surface area contributed by atoms with Crippen LogP contribution in [0.15, 0.2) is 0 Å². The number of nitrogens with zero attached hydrogens (tertiary/aromatic N) is 1. The van der Waals surface area contributed by atoms with Crippen molar-refractivity contribution >= 4 is 10.0 Å². The maximum atomic E-state index is 12.0. The van der Waals surface area contributed by atoms with Crippen molar-refractivity contribution in [2.45, 2.75) is 46.5 Å². The number of nitrogens with one attached hydrogen (secondary N) is 1. The fourth-order valence-electron chi connectivity index (χ4n) is 1.70. The van der Waals surface area contributed by atoms with Gasteiger partial charge in [-0.1, -0.05) is 20.8 Å². The monoisotopic (exact) mass is 264 g/mol. The van der Waals surface area contributed by atoms with Gasteiger partial charge in [-0.2, -0.15) is 0 Å². The number of hydrogen-bond acceptors (Lipinski definition) is 3. The molecule has 0 radical (unpaired) electrons. The minimum atomic E-state index is -3.04. The normalized spacial score (nSPS) is 12.2. The van der Waals surface area contributed by atoms with Crippen LogP contribution in [0.1, 0.15) is 46.5 Å². The van der Waals surface area contributed by atoms with Gasteiger partial charge < -0.3 is 5.32 Å². The van der Waals surface area contributed by atoms with Crippen molar-refractivity contribution in [2.75, 3.05) is 31.9 Å². The molecule has 5 heteroatoms. The molecule has 0 saturated carbocycles. The number of hydrogen-bond donors (Lipinski definition) is 1. The van der Waals surface area contributed by atoms with Crippen molar-refractivity contribution < 1.29 is 8.42 Å². The Morgan fingerprint density at radius 1 is 0.941 bits per heavy atom. The zero-order valence-electron chi connectivity index (χ0n) is 11.5. The Hall–Kier alpha value is -0.130. The summed E-state index contributed by atoms with van der Waals surface area (Å²) in [6, 6.07) is 0. The van der Waals surface area contributed by atoms with Gasteiger partial charge in [-0.3, -0.25) is 0 Å². The SMILES string of the molecule is CCCNCCCS(=O)(=O)N(CCC)CCC. The lowest BCUT2D eigenvalue weighted by atomic mass is 10.4. The Balaban J connectivity index is 4.04. The van der Waals surface area contributed by atoms with E-state index in [0.29, 0.717) is 19.5 Å². The quantitative estimate of drug-likeness (QED) is 0.579. The molecule has 0 unspecified atom stereocenters. The smallest absolute Gasteiger partial charge is 0.214 e. The molecular weight excluding hydrogens is 236 g/mol. The molecule has 104 valence electrons. The maximum Gasteiger partial charge on any atom is 0.214 e. The molecule has 0 saturated heterocycles. The van der Waals surface area contributed by atoms with Crippen LogP contribution in [0.25, 0.3) is 0 Å². The topological polar surface area (TPSA) is 49.4 Å². The molecule has 1 N–H and O–H groups in total. The van der Waals surface area contributed by atoms with E-state index in [1.165, 1.54) is 0 Å². The van der Waals surface area contributed by atoms with Gasteiger partial charge in [0.1, 0.15) is 0 Å². The predicted octanol–water partition coefficient (Wildman–Crippen LogP) is 1.83. The molecule has 17 heavy (non-hydrogen) atoms. The van der Waals surface area contributed by atoms with Crippen molar-refractivity contribution in [3.05, 3.63) is 0 Å². The summed E-state index contributed by atoms with van der Waals surface area (Å²) >= 11 is 0. The molecule has 0 aromatic carbocycles.